The first-order valence-electron chi connectivity index (χ1n) is 29.9. The lowest BCUT2D eigenvalue weighted by Gasteiger charge is -2.26. The number of benzene rings is 14. The molecule has 0 aliphatic heterocycles. The van der Waals surface area contributed by atoms with Crippen molar-refractivity contribution in [2.24, 2.45) is 0 Å². The standard InChI is InChI=1S/C84H57N3/c1-8-24-58(25-9-1)59-42-48-68(49-43-59)85(69-50-44-60(45-51-69)71-38-22-40-75-73(71)54-56-77-79(62-26-10-2-11-27-62)81(64-30-14-4-15-31-64)86(83(75)77)66-34-18-6-19-35-66)70-52-46-61(47-53-70)72-39-23-41-76-74(72)55-57-78-80(63-28-12-3-13-29-63)82(65-32-16-5-17-33-65)87(84(76)78)67-36-20-7-21-37-67/h1-57H. The van der Waals surface area contributed by atoms with Gasteiger partial charge in [-0.05, 0) is 127 Å². The maximum atomic E-state index is 2.49. The molecule has 14 aromatic carbocycles. The quantitative estimate of drug-likeness (QED) is 0.119. The predicted molar refractivity (Wildman–Crippen MR) is 368 cm³/mol. The molecule has 87 heavy (non-hydrogen) atoms. The molecule has 0 saturated heterocycles. The fraction of sp³-hybridized carbons (Fsp3) is 0. The van der Waals surface area contributed by atoms with Crippen LogP contribution in [-0.2, 0) is 0 Å². The van der Waals surface area contributed by atoms with Crippen LogP contribution in [0.15, 0.2) is 346 Å². The van der Waals surface area contributed by atoms with Crippen LogP contribution in [0.1, 0.15) is 0 Å². The lowest BCUT2D eigenvalue weighted by atomic mass is 9.94. The number of nitrogens with zero attached hydrogens (tertiary/aromatic N) is 3. The van der Waals surface area contributed by atoms with Crippen LogP contribution in [0, 0.1) is 0 Å². The molecule has 3 heteroatoms. The third-order valence-electron chi connectivity index (χ3n) is 17.3. The molecule has 3 nitrogen and oxygen atoms in total. The van der Waals surface area contributed by atoms with Gasteiger partial charge in [-0.2, -0.15) is 0 Å². The highest BCUT2D eigenvalue weighted by Crippen LogP contribution is 2.49. The minimum atomic E-state index is 1.07. The summed E-state index contributed by atoms with van der Waals surface area (Å²) in [5.41, 5.74) is 24.4. The summed E-state index contributed by atoms with van der Waals surface area (Å²) in [7, 11) is 0. The summed E-state index contributed by atoms with van der Waals surface area (Å²) < 4.78 is 4.97. The second-order valence-electron chi connectivity index (χ2n) is 22.3. The van der Waals surface area contributed by atoms with Crippen LogP contribution in [0.3, 0.4) is 0 Å². The molecule has 408 valence electrons. The van der Waals surface area contributed by atoms with Gasteiger partial charge < -0.3 is 14.0 Å². The Kier molecular flexibility index (Phi) is 12.9. The van der Waals surface area contributed by atoms with Gasteiger partial charge in [-0.25, -0.2) is 0 Å². The molecule has 0 saturated carbocycles. The van der Waals surface area contributed by atoms with Crippen LogP contribution in [-0.4, -0.2) is 9.13 Å². The SMILES string of the molecule is c1ccc(-c2ccc(N(c3ccc(-c4cccc5c4ccc4c(-c6ccccc6)c(-c6ccccc6)n(-c6ccccc6)c45)cc3)c3ccc(-c4cccc5c4ccc4c(-c6ccccc6)c(-c6ccccc6)n(-c6ccccc6)c45)cc3)cc2)cc1. The van der Waals surface area contributed by atoms with Crippen molar-refractivity contribution in [3.63, 3.8) is 0 Å². The van der Waals surface area contributed by atoms with Crippen molar-refractivity contribution in [3.8, 4) is 89.5 Å². The van der Waals surface area contributed by atoms with E-state index in [1.54, 1.807) is 0 Å². The van der Waals surface area contributed by atoms with Crippen LogP contribution in [0.4, 0.5) is 17.1 Å². The summed E-state index contributed by atoms with van der Waals surface area (Å²) in [4.78, 5) is 2.38. The van der Waals surface area contributed by atoms with Crippen LogP contribution in [0.5, 0.6) is 0 Å². The molecule has 0 radical (unpaired) electrons. The van der Waals surface area contributed by atoms with Gasteiger partial charge in [0, 0.05) is 61.1 Å². The summed E-state index contributed by atoms with van der Waals surface area (Å²) in [5.74, 6) is 0. The predicted octanol–water partition coefficient (Wildman–Crippen LogP) is 23.0. The minimum Gasteiger partial charge on any atom is -0.311 e. The average Bonchev–Trinajstić information content (AvgIpc) is 1.66. The van der Waals surface area contributed by atoms with E-state index in [-0.39, 0.29) is 0 Å². The van der Waals surface area contributed by atoms with Gasteiger partial charge >= 0.3 is 0 Å². The molecule has 0 aliphatic carbocycles. The largest absolute Gasteiger partial charge is 0.311 e. The lowest BCUT2D eigenvalue weighted by Crippen LogP contribution is -2.09. The van der Waals surface area contributed by atoms with E-state index in [0.717, 1.165) is 39.6 Å². The Hall–Kier alpha value is -11.5. The molecule has 0 atom stereocenters. The van der Waals surface area contributed by atoms with Crippen LogP contribution in [0.25, 0.3) is 133 Å². The smallest absolute Gasteiger partial charge is 0.0620 e. The van der Waals surface area contributed by atoms with Crippen molar-refractivity contribution in [2.75, 3.05) is 4.90 Å². The molecule has 2 heterocycles. The van der Waals surface area contributed by atoms with E-state index < -0.39 is 0 Å². The van der Waals surface area contributed by atoms with Crippen molar-refractivity contribution < 1.29 is 0 Å². The zero-order valence-corrected chi connectivity index (χ0v) is 47.8. The summed E-state index contributed by atoms with van der Waals surface area (Å²) in [5, 5.41) is 7.24. The molecule has 0 N–H and O–H groups in total. The molecule has 0 bridgehead atoms. The van der Waals surface area contributed by atoms with Gasteiger partial charge in [0.25, 0.3) is 0 Å². The highest BCUT2D eigenvalue weighted by atomic mass is 15.1. The highest BCUT2D eigenvalue weighted by molar-refractivity contribution is 6.20. The molecule has 16 rings (SSSR count). The Morgan fingerprint density at radius 1 is 0.184 bits per heavy atom. The Morgan fingerprint density at radius 2 is 0.471 bits per heavy atom. The second-order valence-corrected chi connectivity index (χ2v) is 22.3. The Labute approximate surface area is 506 Å². The Balaban J connectivity index is 0.822. The van der Waals surface area contributed by atoms with E-state index in [4.69, 9.17) is 0 Å². The maximum absolute atomic E-state index is 2.49. The van der Waals surface area contributed by atoms with E-state index in [1.165, 1.54) is 110 Å². The fourth-order valence-corrected chi connectivity index (χ4v) is 13.4. The molecule has 0 aliphatic rings. The monoisotopic (exact) mass is 1110 g/mol. The lowest BCUT2D eigenvalue weighted by molar-refractivity contribution is 1.14. The number of fused-ring (bicyclic) bond motifs is 6. The molecule has 16 aromatic rings. The Bertz CT molecular complexity index is 4830. The van der Waals surface area contributed by atoms with E-state index >= 15 is 0 Å². The van der Waals surface area contributed by atoms with E-state index in [9.17, 15) is 0 Å². The molecule has 0 spiro atoms. The summed E-state index contributed by atoms with van der Waals surface area (Å²) >= 11 is 0. The minimum absolute atomic E-state index is 1.07. The summed E-state index contributed by atoms with van der Waals surface area (Å²) in [6.07, 6.45) is 0. The molecule has 0 fully saturated rings. The number of anilines is 3. The van der Waals surface area contributed by atoms with Crippen molar-refractivity contribution >= 4 is 60.4 Å². The zero-order valence-electron chi connectivity index (χ0n) is 47.8. The van der Waals surface area contributed by atoms with Crippen molar-refractivity contribution in [3.05, 3.63) is 346 Å². The summed E-state index contributed by atoms with van der Waals surface area (Å²) in [6.45, 7) is 0. The third-order valence-corrected chi connectivity index (χ3v) is 17.3. The van der Waals surface area contributed by atoms with Gasteiger partial charge in [0.15, 0.2) is 0 Å². The maximum Gasteiger partial charge on any atom is 0.0620 e. The first-order chi connectivity index (χ1) is 43.2. The number of hydrogen-bond donors (Lipinski definition) is 0. The van der Waals surface area contributed by atoms with Gasteiger partial charge in [-0.1, -0.05) is 285 Å². The van der Waals surface area contributed by atoms with Crippen LogP contribution in [0.2, 0.25) is 0 Å². The van der Waals surface area contributed by atoms with Gasteiger partial charge in [0.05, 0.1) is 22.4 Å². The zero-order chi connectivity index (χ0) is 57.6. The normalized spacial score (nSPS) is 11.4. The van der Waals surface area contributed by atoms with Crippen molar-refractivity contribution in [1.29, 1.82) is 0 Å². The van der Waals surface area contributed by atoms with Gasteiger partial charge in [0.2, 0.25) is 0 Å². The first-order valence-corrected chi connectivity index (χ1v) is 29.9. The molecule has 0 amide bonds. The van der Waals surface area contributed by atoms with Gasteiger partial charge in [-0.3, -0.25) is 0 Å². The van der Waals surface area contributed by atoms with E-state index in [0.29, 0.717) is 0 Å². The molecular formula is C84H57N3. The Morgan fingerprint density at radius 3 is 0.828 bits per heavy atom. The summed E-state index contributed by atoms with van der Waals surface area (Å²) in [6, 6.07) is 126. The first kappa shape index (κ1) is 51.1. The van der Waals surface area contributed by atoms with Gasteiger partial charge in [-0.15, -0.1) is 0 Å². The molecule has 0 unspecified atom stereocenters. The van der Waals surface area contributed by atoms with Crippen LogP contribution >= 0.6 is 0 Å². The third kappa shape index (κ3) is 9.00. The van der Waals surface area contributed by atoms with E-state index in [1.807, 2.05) is 0 Å². The van der Waals surface area contributed by atoms with E-state index in [2.05, 4.69) is 360 Å². The number of hydrogen-bond acceptors (Lipinski definition) is 1. The number of para-hydroxylation sites is 2. The van der Waals surface area contributed by atoms with Crippen molar-refractivity contribution in [1.82, 2.24) is 9.13 Å². The highest BCUT2D eigenvalue weighted by Gasteiger charge is 2.26. The molecular weight excluding hydrogens is 1050 g/mol. The second kappa shape index (κ2) is 21.9. The van der Waals surface area contributed by atoms with Crippen LogP contribution < -0.4 is 4.90 Å². The van der Waals surface area contributed by atoms with Crippen molar-refractivity contribution in [2.45, 2.75) is 0 Å². The molecule has 2 aromatic heterocycles. The topological polar surface area (TPSA) is 13.1 Å². The average molecular weight is 1110 g/mol. The number of aromatic nitrogens is 2. The van der Waals surface area contributed by atoms with Gasteiger partial charge in [0.1, 0.15) is 0 Å². The fourth-order valence-electron chi connectivity index (χ4n) is 13.4. The number of rotatable bonds is 12.